The van der Waals surface area contributed by atoms with E-state index in [1.54, 1.807) is 0 Å². The summed E-state index contributed by atoms with van der Waals surface area (Å²) in [6, 6.07) is 3.66. The lowest BCUT2D eigenvalue weighted by molar-refractivity contribution is -0.149. The molecule has 5 heteroatoms. The van der Waals surface area contributed by atoms with E-state index in [0.29, 0.717) is 0 Å². The number of aliphatic carboxylic acids is 1. The lowest BCUT2D eigenvalue weighted by atomic mass is 10.2. The second-order valence-electron chi connectivity index (χ2n) is 3.00. The van der Waals surface area contributed by atoms with Crippen molar-refractivity contribution in [3.8, 4) is 0 Å². The van der Waals surface area contributed by atoms with E-state index in [2.05, 4.69) is 0 Å². The SMILES string of the molecule is C[C@@H](OCc1cccc(F)c1F)C(=O)O. The topological polar surface area (TPSA) is 46.5 Å². The Kier molecular flexibility index (Phi) is 3.74. The molecule has 0 spiro atoms. The van der Waals surface area contributed by atoms with Crippen LogP contribution in [-0.4, -0.2) is 17.2 Å². The molecule has 0 saturated carbocycles. The molecule has 1 atom stereocenters. The lowest BCUT2D eigenvalue weighted by Crippen LogP contribution is -2.19. The first-order valence-electron chi connectivity index (χ1n) is 4.29. The zero-order valence-corrected chi connectivity index (χ0v) is 8.04. The molecule has 1 N–H and O–H groups in total. The maximum atomic E-state index is 13.1. The van der Waals surface area contributed by atoms with E-state index >= 15 is 0 Å². The molecule has 0 bridgehead atoms. The minimum atomic E-state index is -1.15. The van der Waals surface area contributed by atoms with Crippen molar-refractivity contribution in [3.63, 3.8) is 0 Å². The molecule has 0 aliphatic heterocycles. The van der Waals surface area contributed by atoms with Crippen LogP contribution in [0.4, 0.5) is 8.78 Å². The average Bonchev–Trinajstić information content (AvgIpc) is 2.19. The molecule has 82 valence electrons. The molecule has 15 heavy (non-hydrogen) atoms. The monoisotopic (exact) mass is 216 g/mol. The van der Waals surface area contributed by atoms with Crippen LogP contribution < -0.4 is 0 Å². The summed E-state index contributed by atoms with van der Waals surface area (Å²) in [7, 11) is 0. The van der Waals surface area contributed by atoms with Gasteiger partial charge in [-0.05, 0) is 13.0 Å². The Hall–Kier alpha value is -1.49. The van der Waals surface area contributed by atoms with Gasteiger partial charge in [0.15, 0.2) is 17.7 Å². The molecule has 0 fully saturated rings. The molecule has 0 saturated heterocycles. The molecule has 1 rings (SSSR count). The predicted octanol–water partition coefficient (Wildman–Crippen LogP) is 1.95. The van der Waals surface area contributed by atoms with Gasteiger partial charge in [-0.25, -0.2) is 13.6 Å². The molecule has 0 aliphatic carbocycles. The summed E-state index contributed by atoms with van der Waals surface area (Å²) < 4.78 is 30.6. The fourth-order valence-electron chi connectivity index (χ4n) is 0.946. The lowest BCUT2D eigenvalue weighted by Gasteiger charge is -2.08. The van der Waals surface area contributed by atoms with Gasteiger partial charge in [0.1, 0.15) is 0 Å². The van der Waals surface area contributed by atoms with Gasteiger partial charge in [-0.15, -0.1) is 0 Å². The average molecular weight is 216 g/mol. The molecule has 0 amide bonds. The number of carboxylic acid groups (broad SMARTS) is 1. The quantitative estimate of drug-likeness (QED) is 0.836. The summed E-state index contributed by atoms with van der Waals surface area (Å²) in [4.78, 5) is 10.4. The van der Waals surface area contributed by atoms with Crippen LogP contribution in [0, 0.1) is 11.6 Å². The van der Waals surface area contributed by atoms with Gasteiger partial charge in [0, 0.05) is 5.56 Å². The largest absolute Gasteiger partial charge is 0.479 e. The van der Waals surface area contributed by atoms with Crippen molar-refractivity contribution in [3.05, 3.63) is 35.4 Å². The molecule has 0 heterocycles. The molecule has 1 aromatic rings. The van der Waals surface area contributed by atoms with Crippen molar-refractivity contribution in [2.24, 2.45) is 0 Å². The highest BCUT2D eigenvalue weighted by Gasteiger charge is 2.13. The van der Waals surface area contributed by atoms with Crippen LogP contribution in [0.15, 0.2) is 18.2 Å². The van der Waals surface area contributed by atoms with Gasteiger partial charge in [-0.2, -0.15) is 0 Å². The van der Waals surface area contributed by atoms with Crippen LogP contribution in [0.5, 0.6) is 0 Å². The Morgan fingerprint density at radius 3 is 2.80 bits per heavy atom. The summed E-state index contributed by atoms with van der Waals surface area (Å²) in [5.41, 5.74) is 0.00287. The van der Waals surface area contributed by atoms with Gasteiger partial charge in [0.2, 0.25) is 0 Å². The molecule has 0 unspecified atom stereocenters. The molecular weight excluding hydrogens is 206 g/mol. The highest BCUT2D eigenvalue weighted by molar-refractivity contribution is 5.71. The number of carboxylic acids is 1. The standard InChI is InChI=1S/C10H10F2O3/c1-6(10(13)14)15-5-7-3-2-4-8(11)9(7)12/h2-4,6H,5H2,1H3,(H,13,14)/t6-/m1/s1. The Bertz CT molecular complexity index is 366. The van der Waals surface area contributed by atoms with E-state index in [1.165, 1.54) is 19.1 Å². The van der Waals surface area contributed by atoms with Crippen molar-refractivity contribution in [1.29, 1.82) is 0 Å². The zero-order chi connectivity index (χ0) is 11.4. The predicted molar refractivity (Wildman–Crippen MR) is 48.2 cm³/mol. The Morgan fingerprint density at radius 2 is 2.20 bits per heavy atom. The smallest absolute Gasteiger partial charge is 0.332 e. The highest BCUT2D eigenvalue weighted by atomic mass is 19.2. The summed E-state index contributed by atoms with van der Waals surface area (Å²) in [5.74, 6) is -3.12. The van der Waals surface area contributed by atoms with Crippen LogP contribution in [0.1, 0.15) is 12.5 Å². The van der Waals surface area contributed by atoms with Crippen molar-refractivity contribution in [1.82, 2.24) is 0 Å². The maximum Gasteiger partial charge on any atom is 0.332 e. The second kappa shape index (κ2) is 4.84. The van der Waals surface area contributed by atoms with E-state index in [9.17, 15) is 13.6 Å². The summed E-state index contributed by atoms with van der Waals surface area (Å²) in [6.45, 7) is 1.05. The van der Waals surface area contributed by atoms with Crippen LogP contribution in [0.3, 0.4) is 0 Å². The Balaban J connectivity index is 2.66. The molecule has 1 aromatic carbocycles. The minimum absolute atomic E-state index is 0.00287. The van der Waals surface area contributed by atoms with Gasteiger partial charge < -0.3 is 9.84 Å². The third kappa shape index (κ3) is 2.99. The fourth-order valence-corrected chi connectivity index (χ4v) is 0.946. The van der Waals surface area contributed by atoms with Crippen molar-refractivity contribution >= 4 is 5.97 Å². The van der Waals surface area contributed by atoms with E-state index in [4.69, 9.17) is 9.84 Å². The van der Waals surface area contributed by atoms with Crippen LogP contribution in [-0.2, 0) is 16.1 Å². The van der Waals surface area contributed by atoms with Gasteiger partial charge in [-0.3, -0.25) is 0 Å². The maximum absolute atomic E-state index is 13.1. The summed E-state index contributed by atoms with van der Waals surface area (Å²) >= 11 is 0. The number of ether oxygens (including phenoxy) is 1. The Morgan fingerprint density at radius 1 is 1.53 bits per heavy atom. The number of hydrogen-bond acceptors (Lipinski definition) is 2. The number of benzene rings is 1. The molecule has 0 aliphatic rings. The number of carbonyl (C=O) groups is 1. The van der Waals surface area contributed by atoms with Crippen LogP contribution >= 0.6 is 0 Å². The number of rotatable bonds is 4. The van der Waals surface area contributed by atoms with E-state index in [1.807, 2.05) is 0 Å². The zero-order valence-electron chi connectivity index (χ0n) is 8.04. The Labute approximate surface area is 85.3 Å². The molecular formula is C10H10F2O3. The van der Waals surface area contributed by atoms with Gasteiger partial charge in [-0.1, -0.05) is 12.1 Å². The fraction of sp³-hybridized carbons (Fsp3) is 0.300. The van der Waals surface area contributed by atoms with Gasteiger partial charge >= 0.3 is 5.97 Å². The van der Waals surface area contributed by atoms with E-state index in [0.717, 1.165) is 6.07 Å². The molecule has 0 aromatic heterocycles. The second-order valence-corrected chi connectivity index (χ2v) is 3.00. The van der Waals surface area contributed by atoms with E-state index < -0.39 is 23.7 Å². The van der Waals surface area contributed by atoms with Crippen LogP contribution in [0.2, 0.25) is 0 Å². The summed E-state index contributed by atoms with van der Waals surface area (Å²) in [6.07, 6.45) is -1.05. The van der Waals surface area contributed by atoms with Crippen molar-refractivity contribution in [2.45, 2.75) is 19.6 Å². The summed E-state index contributed by atoms with van der Waals surface area (Å²) in [5, 5.41) is 8.49. The third-order valence-corrected chi connectivity index (χ3v) is 1.87. The van der Waals surface area contributed by atoms with Crippen molar-refractivity contribution < 1.29 is 23.4 Å². The first-order valence-corrected chi connectivity index (χ1v) is 4.29. The van der Waals surface area contributed by atoms with Gasteiger partial charge in [0.25, 0.3) is 0 Å². The normalized spacial score (nSPS) is 12.5. The molecule has 0 radical (unpaired) electrons. The van der Waals surface area contributed by atoms with Gasteiger partial charge in [0.05, 0.1) is 6.61 Å². The third-order valence-electron chi connectivity index (χ3n) is 1.87. The number of halogens is 2. The minimum Gasteiger partial charge on any atom is -0.479 e. The van der Waals surface area contributed by atoms with E-state index in [-0.39, 0.29) is 12.2 Å². The number of hydrogen-bond donors (Lipinski definition) is 1. The first kappa shape index (κ1) is 11.6. The highest BCUT2D eigenvalue weighted by Crippen LogP contribution is 2.13. The molecule has 3 nitrogen and oxygen atoms in total. The van der Waals surface area contributed by atoms with Crippen molar-refractivity contribution in [2.75, 3.05) is 0 Å². The first-order chi connectivity index (χ1) is 7.02. The van der Waals surface area contributed by atoms with Crippen LogP contribution in [0.25, 0.3) is 0 Å².